The molecule has 88 valence electrons. The summed E-state index contributed by atoms with van der Waals surface area (Å²) in [5, 5.41) is 4.27. The maximum Gasteiger partial charge on any atom is 0.138 e. The van der Waals surface area contributed by atoms with E-state index in [-0.39, 0.29) is 6.61 Å². The molecule has 0 fully saturated rings. The second kappa shape index (κ2) is 6.79. The quantitative estimate of drug-likeness (QED) is 0.844. The highest BCUT2D eigenvalue weighted by molar-refractivity contribution is 6.32. The smallest absolute Gasteiger partial charge is 0.138 e. The molecule has 0 aromatic heterocycles. The van der Waals surface area contributed by atoms with Gasteiger partial charge in [-0.2, -0.15) is 0 Å². The molecule has 4 heteroatoms. The Morgan fingerprint density at radius 1 is 1.50 bits per heavy atom. The van der Waals surface area contributed by atoms with Gasteiger partial charge in [-0.15, -0.1) is 0 Å². The van der Waals surface area contributed by atoms with E-state index in [1.807, 2.05) is 18.2 Å². The molecular formula is C12H15Cl2NO. The van der Waals surface area contributed by atoms with Crippen LogP contribution in [0, 0.1) is 0 Å². The van der Waals surface area contributed by atoms with Crippen LogP contribution in [0.15, 0.2) is 29.8 Å². The van der Waals surface area contributed by atoms with Crippen molar-refractivity contribution in [3.63, 3.8) is 0 Å². The van der Waals surface area contributed by atoms with Crippen LogP contribution in [0.5, 0.6) is 5.75 Å². The summed E-state index contributed by atoms with van der Waals surface area (Å²) in [5.74, 6) is 0.628. The third kappa shape index (κ3) is 4.44. The first-order valence-corrected chi connectivity index (χ1v) is 5.84. The SMILES string of the molecule is C=C(Cl)COc1ccc(CNCC)cc1Cl. The summed E-state index contributed by atoms with van der Waals surface area (Å²) in [6.45, 7) is 7.61. The summed E-state index contributed by atoms with van der Waals surface area (Å²) in [5.41, 5.74) is 1.13. The first-order valence-electron chi connectivity index (χ1n) is 5.08. The van der Waals surface area contributed by atoms with Gasteiger partial charge in [0.15, 0.2) is 0 Å². The standard InChI is InChI=1S/C12H15Cl2NO/c1-3-15-7-10-4-5-12(11(14)6-10)16-8-9(2)13/h4-6,15H,2-3,7-8H2,1H3. The first-order chi connectivity index (χ1) is 7.63. The van der Waals surface area contributed by atoms with E-state index in [0.29, 0.717) is 15.8 Å². The molecule has 0 heterocycles. The van der Waals surface area contributed by atoms with Crippen molar-refractivity contribution in [3.8, 4) is 5.75 Å². The molecule has 0 saturated carbocycles. The highest BCUT2D eigenvalue weighted by Crippen LogP contribution is 2.25. The van der Waals surface area contributed by atoms with Crippen LogP contribution in [-0.2, 0) is 6.54 Å². The molecule has 2 nitrogen and oxygen atoms in total. The summed E-state index contributed by atoms with van der Waals surface area (Å²) in [6.07, 6.45) is 0. The van der Waals surface area contributed by atoms with Gasteiger partial charge in [0.25, 0.3) is 0 Å². The van der Waals surface area contributed by atoms with Crippen LogP contribution in [0.4, 0.5) is 0 Å². The Labute approximate surface area is 106 Å². The van der Waals surface area contributed by atoms with Crippen LogP contribution < -0.4 is 10.1 Å². The molecule has 0 spiro atoms. The third-order valence-corrected chi connectivity index (χ3v) is 2.36. The predicted molar refractivity (Wildman–Crippen MR) is 69.3 cm³/mol. The van der Waals surface area contributed by atoms with Gasteiger partial charge in [0, 0.05) is 11.6 Å². The van der Waals surface area contributed by atoms with Gasteiger partial charge >= 0.3 is 0 Å². The van der Waals surface area contributed by atoms with E-state index in [1.165, 1.54) is 0 Å². The lowest BCUT2D eigenvalue weighted by Crippen LogP contribution is -2.11. The van der Waals surface area contributed by atoms with Crippen molar-refractivity contribution in [1.29, 1.82) is 0 Å². The second-order valence-electron chi connectivity index (χ2n) is 3.35. The zero-order chi connectivity index (χ0) is 12.0. The molecule has 0 saturated heterocycles. The van der Waals surface area contributed by atoms with E-state index in [4.69, 9.17) is 27.9 Å². The van der Waals surface area contributed by atoms with Crippen molar-refractivity contribution < 1.29 is 4.74 Å². The van der Waals surface area contributed by atoms with Gasteiger partial charge in [-0.1, -0.05) is 42.8 Å². The van der Waals surface area contributed by atoms with Crippen molar-refractivity contribution in [1.82, 2.24) is 5.32 Å². The average molecular weight is 260 g/mol. The third-order valence-electron chi connectivity index (χ3n) is 1.96. The number of hydrogen-bond donors (Lipinski definition) is 1. The fourth-order valence-electron chi connectivity index (χ4n) is 1.20. The van der Waals surface area contributed by atoms with Crippen molar-refractivity contribution in [2.24, 2.45) is 0 Å². The molecule has 0 bridgehead atoms. The zero-order valence-corrected chi connectivity index (χ0v) is 10.7. The molecule has 0 atom stereocenters. The Morgan fingerprint density at radius 2 is 2.25 bits per heavy atom. The molecule has 0 aliphatic rings. The van der Waals surface area contributed by atoms with Crippen LogP contribution in [0.1, 0.15) is 12.5 Å². The lowest BCUT2D eigenvalue weighted by Gasteiger charge is -2.09. The molecule has 1 N–H and O–H groups in total. The molecule has 0 amide bonds. The number of ether oxygens (including phenoxy) is 1. The Morgan fingerprint density at radius 3 is 2.81 bits per heavy atom. The minimum atomic E-state index is 0.272. The Balaban J connectivity index is 2.63. The van der Waals surface area contributed by atoms with Gasteiger partial charge in [-0.25, -0.2) is 0 Å². The summed E-state index contributed by atoms with van der Waals surface area (Å²) < 4.78 is 5.37. The Hall–Kier alpha value is -0.700. The number of halogens is 2. The van der Waals surface area contributed by atoms with Gasteiger partial charge in [-0.3, -0.25) is 0 Å². The van der Waals surface area contributed by atoms with Gasteiger partial charge in [-0.05, 0) is 24.2 Å². The second-order valence-corrected chi connectivity index (χ2v) is 4.29. The minimum absolute atomic E-state index is 0.272. The summed E-state index contributed by atoms with van der Waals surface area (Å²) in [7, 11) is 0. The molecule has 1 aromatic rings. The topological polar surface area (TPSA) is 21.3 Å². The zero-order valence-electron chi connectivity index (χ0n) is 9.22. The monoisotopic (exact) mass is 259 g/mol. The summed E-state index contributed by atoms with van der Waals surface area (Å²) in [6, 6.07) is 5.70. The van der Waals surface area contributed by atoms with Crippen molar-refractivity contribution >= 4 is 23.2 Å². The number of hydrogen-bond acceptors (Lipinski definition) is 2. The molecule has 16 heavy (non-hydrogen) atoms. The largest absolute Gasteiger partial charge is 0.486 e. The Bertz CT molecular complexity index is 366. The van der Waals surface area contributed by atoms with Gasteiger partial charge in [0.05, 0.1) is 5.02 Å². The summed E-state index contributed by atoms with van der Waals surface area (Å²) in [4.78, 5) is 0. The van der Waals surface area contributed by atoms with Gasteiger partial charge in [0.1, 0.15) is 12.4 Å². The van der Waals surface area contributed by atoms with Crippen molar-refractivity contribution in [2.45, 2.75) is 13.5 Å². The van der Waals surface area contributed by atoms with Crippen LogP contribution in [0.2, 0.25) is 5.02 Å². The highest BCUT2D eigenvalue weighted by atomic mass is 35.5. The van der Waals surface area contributed by atoms with E-state index in [9.17, 15) is 0 Å². The molecule has 1 aromatic carbocycles. The van der Waals surface area contributed by atoms with Crippen LogP contribution in [0.25, 0.3) is 0 Å². The first kappa shape index (κ1) is 13.4. The van der Waals surface area contributed by atoms with Gasteiger partial charge < -0.3 is 10.1 Å². The fraction of sp³-hybridized carbons (Fsp3) is 0.333. The number of benzene rings is 1. The van der Waals surface area contributed by atoms with Crippen molar-refractivity contribution in [2.75, 3.05) is 13.2 Å². The minimum Gasteiger partial charge on any atom is -0.486 e. The fourth-order valence-corrected chi connectivity index (χ4v) is 1.51. The maximum atomic E-state index is 6.07. The number of rotatable bonds is 6. The lowest BCUT2D eigenvalue weighted by atomic mass is 10.2. The highest BCUT2D eigenvalue weighted by Gasteiger charge is 2.03. The average Bonchev–Trinajstić information content (AvgIpc) is 2.24. The van der Waals surface area contributed by atoms with E-state index in [1.54, 1.807) is 0 Å². The van der Waals surface area contributed by atoms with E-state index < -0.39 is 0 Å². The molecule has 0 aliphatic heterocycles. The molecule has 1 rings (SSSR count). The van der Waals surface area contributed by atoms with E-state index >= 15 is 0 Å². The molecule has 0 unspecified atom stereocenters. The van der Waals surface area contributed by atoms with E-state index in [2.05, 4.69) is 18.8 Å². The van der Waals surface area contributed by atoms with Crippen LogP contribution >= 0.6 is 23.2 Å². The van der Waals surface area contributed by atoms with Crippen LogP contribution in [-0.4, -0.2) is 13.2 Å². The maximum absolute atomic E-state index is 6.07. The summed E-state index contributed by atoms with van der Waals surface area (Å²) >= 11 is 11.7. The van der Waals surface area contributed by atoms with Crippen molar-refractivity contribution in [3.05, 3.63) is 40.4 Å². The van der Waals surface area contributed by atoms with Gasteiger partial charge in [0.2, 0.25) is 0 Å². The molecule has 0 aliphatic carbocycles. The molecule has 0 radical (unpaired) electrons. The predicted octanol–water partition coefficient (Wildman–Crippen LogP) is 3.58. The van der Waals surface area contributed by atoms with E-state index in [0.717, 1.165) is 18.7 Å². The normalized spacial score (nSPS) is 10.2. The van der Waals surface area contributed by atoms with Crippen LogP contribution in [0.3, 0.4) is 0 Å². The lowest BCUT2D eigenvalue weighted by molar-refractivity contribution is 0.359. The number of nitrogens with one attached hydrogen (secondary N) is 1. The molecular weight excluding hydrogens is 245 g/mol. The Kier molecular flexibility index (Phi) is 5.67.